The van der Waals surface area contributed by atoms with E-state index in [2.05, 4.69) is 16.2 Å². The van der Waals surface area contributed by atoms with Gasteiger partial charge in [-0.25, -0.2) is 4.79 Å². The van der Waals surface area contributed by atoms with Gasteiger partial charge in [0, 0.05) is 24.6 Å². The Morgan fingerprint density at radius 1 is 1.30 bits per heavy atom. The predicted molar refractivity (Wildman–Crippen MR) is 90.2 cm³/mol. The molecule has 3 N–H and O–H groups in total. The first-order valence-electron chi connectivity index (χ1n) is 6.89. The topological polar surface area (TPSA) is 92.6 Å². The van der Waals surface area contributed by atoms with Crippen molar-refractivity contribution in [2.45, 2.75) is 20.0 Å². The van der Waals surface area contributed by atoms with Gasteiger partial charge >= 0.3 is 5.63 Å². The van der Waals surface area contributed by atoms with Crippen LogP contribution in [0.25, 0.3) is 11.0 Å². The quantitative estimate of drug-likeness (QED) is 0.438. The van der Waals surface area contributed by atoms with Crippen molar-refractivity contribution in [1.82, 2.24) is 16.2 Å². The van der Waals surface area contributed by atoms with Crippen LogP contribution in [0.3, 0.4) is 0 Å². The molecule has 1 aromatic heterocycles. The largest absolute Gasteiger partial charge is 0.481 e. The smallest absolute Gasteiger partial charge is 0.336 e. The predicted octanol–water partition coefficient (Wildman–Crippen LogP) is 0.994. The highest BCUT2D eigenvalue weighted by molar-refractivity contribution is 7.80. The van der Waals surface area contributed by atoms with Crippen LogP contribution in [0.15, 0.2) is 33.5 Å². The van der Waals surface area contributed by atoms with Crippen LogP contribution in [0, 0.1) is 6.92 Å². The fourth-order valence-corrected chi connectivity index (χ4v) is 1.97. The van der Waals surface area contributed by atoms with Crippen LogP contribution < -0.4 is 26.5 Å². The Labute approximate surface area is 138 Å². The summed E-state index contributed by atoms with van der Waals surface area (Å²) in [6.07, 6.45) is -0.767. The number of thiocarbonyl (C=S) groups is 1. The number of hydrogen-bond acceptors (Lipinski definition) is 5. The van der Waals surface area contributed by atoms with Gasteiger partial charge in [-0.3, -0.25) is 15.6 Å². The molecule has 0 bridgehead atoms. The molecule has 0 saturated carbocycles. The molecular formula is C15H17N3O4S. The van der Waals surface area contributed by atoms with E-state index < -0.39 is 17.6 Å². The van der Waals surface area contributed by atoms with Gasteiger partial charge in [-0.2, -0.15) is 0 Å². The fourth-order valence-electron chi connectivity index (χ4n) is 1.92. The molecule has 1 atom stereocenters. The molecule has 1 amide bonds. The minimum atomic E-state index is -0.767. The number of aryl methyl sites for hydroxylation is 1. The summed E-state index contributed by atoms with van der Waals surface area (Å²) in [6.45, 7) is 3.42. The summed E-state index contributed by atoms with van der Waals surface area (Å²) in [7, 11) is 1.63. The maximum Gasteiger partial charge on any atom is 0.336 e. The summed E-state index contributed by atoms with van der Waals surface area (Å²) in [6, 6.07) is 6.50. The molecule has 1 heterocycles. The number of nitrogens with one attached hydrogen (secondary N) is 3. The number of fused-ring (bicyclic) bond motifs is 1. The van der Waals surface area contributed by atoms with Gasteiger partial charge in [-0.15, -0.1) is 0 Å². The molecule has 1 aromatic carbocycles. The maximum atomic E-state index is 11.9. The number of hydrogen-bond donors (Lipinski definition) is 3. The van der Waals surface area contributed by atoms with Crippen molar-refractivity contribution < 1.29 is 13.9 Å². The highest BCUT2D eigenvalue weighted by Crippen LogP contribution is 2.22. The number of benzene rings is 1. The van der Waals surface area contributed by atoms with Crippen molar-refractivity contribution >= 4 is 34.2 Å². The normalized spacial score (nSPS) is 11.6. The molecule has 0 unspecified atom stereocenters. The third-order valence-corrected chi connectivity index (χ3v) is 3.44. The molecule has 0 radical (unpaired) electrons. The summed E-state index contributed by atoms with van der Waals surface area (Å²) >= 11 is 4.85. The Bertz CT molecular complexity index is 803. The standard InChI is InChI=1S/C15H17N3O4S/c1-8-6-13(19)22-12-7-10(4-5-11(8)12)21-9(2)14(20)17-18-15(23)16-3/h4-7,9H,1-3H3,(H,17,20)(H2,16,18,23)/t9-/m1/s1. The van der Waals surface area contributed by atoms with Crippen LogP contribution in [0.4, 0.5) is 0 Å². The van der Waals surface area contributed by atoms with Crippen molar-refractivity contribution in [2.75, 3.05) is 7.05 Å². The summed E-state index contributed by atoms with van der Waals surface area (Å²) in [4.78, 5) is 23.3. The second kappa shape index (κ2) is 7.10. The van der Waals surface area contributed by atoms with Crippen molar-refractivity contribution in [3.05, 3.63) is 40.2 Å². The summed E-state index contributed by atoms with van der Waals surface area (Å²) < 4.78 is 10.7. The van der Waals surface area contributed by atoms with E-state index in [0.29, 0.717) is 11.3 Å². The van der Waals surface area contributed by atoms with Crippen molar-refractivity contribution in [2.24, 2.45) is 0 Å². The van der Waals surface area contributed by atoms with Crippen LogP contribution in [-0.4, -0.2) is 24.2 Å². The van der Waals surface area contributed by atoms with Crippen molar-refractivity contribution in [3.63, 3.8) is 0 Å². The SMILES string of the molecule is CNC(=S)NNC(=O)[C@@H](C)Oc1ccc2c(C)cc(=O)oc2c1. The monoisotopic (exact) mass is 335 g/mol. The number of amides is 1. The molecule has 0 aliphatic carbocycles. The Morgan fingerprint density at radius 3 is 2.74 bits per heavy atom. The molecule has 2 rings (SSSR count). The van der Waals surface area contributed by atoms with Gasteiger partial charge in [0.1, 0.15) is 11.3 Å². The lowest BCUT2D eigenvalue weighted by atomic mass is 10.1. The Kier molecular flexibility index (Phi) is 5.17. The van der Waals surface area contributed by atoms with Gasteiger partial charge in [-0.1, -0.05) is 0 Å². The van der Waals surface area contributed by atoms with Crippen molar-refractivity contribution in [3.8, 4) is 5.75 Å². The molecule has 2 aromatic rings. The lowest BCUT2D eigenvalue weighted by molar-refractivity contribution is -0.127. The summed E-state index contributed by atoms with van der Waals surface area (Å²) in [5.41, 5.74) is 5.74. The molecule has 0 aliphatic rings. The lowest BCUT2D eigenvalue weighted by Gasteiger charge is -2.16. The first kappa shape index (κ1) is 16.8. The second-order valence-corrected chi connectivity index (χ2v) is 5.27. The molecule has 8 heteroatoms. The molecule has 7 nitrogen and oxygen atoms in total. The molecular weight excluding hydrogens is 318 g/mol. The molecule has 0 aliphatic heterocycles. The number of carbonyl (C=O) groups excluding carboxylic acids is 1. The molecule has 122 valence electrons. The first-order valence-corrected chi connectivity index (χ1v) is 7.30. The van der Waals surface area contributed by atoms with Gasteiger partial charge in [-0.05, 0) is 43.8 Å². The van der Waals surface area contributed by atoms with Gasteiger partial charge in [0.2, 0.25) is 0 Å². The number of ether oxygens (including phenoxy) is 1. The van der Waals surface area contributed by atoms with Crippen LogP contribution in [0.5, 0.6) is 5.75 Å². The summed E-state index contributed by atoms with van der Waals surface area (Å²) in [5.74, 6) is 0.0264. The average Bonchev–Trinajstić information content (AvgIpc) is 2.51. The maximum absolute atomic E-state index is 11.9. The van der Waals surface area contributed by atoms with E-state index in [4.69, 9.17) is 21.4 Å². The van der Waals surface area contributed by atoms with E-state index in [-0.39, 0.29) is 5.11 Å². The van der Waals surface area contributed by atoms with Gasteiger partial charge in [0.15, 0.2) is 11.2 Å². The minimum Gasteiger partial charge on any atom is -0.481 e. The van der Waals surface area contributed by atoms with Gasteiger partial charge in [0.25, 0.3) is 5.91 Å². The first-order chi connectivity index (χ1) is 10.9. The van der Waals surface area contributed by atoms with Crippen LogP contribution >= 0.6 is 12.2 Å². The number of carbonyl (C=O) groups is 1. The van der Waals surface area contributed by atoms with E-state index in [1.54, 1.807) is 32.2 Å². The zero-order chi connectivity index (χ0) is 17.0. The summed E-state index contributed by atoms with van der Waals surface area (Å²) in [5, 5.41) is 3.76. The Hall–Kier alpha value is -2.61. The van der Waals surface area contributed by atoms with Gasteiger partial charge < -0.3 is 14.5 Å². The number of hydrazine groups is 1. The van der Waals surface area contributed by atoms with E-state index in [1.807, 2.05) is 6.92 Å². The van der Waals surface area contributed by atoms with Gasteiger partial charge in [0.05, 0.1) is 0 Å². The van der Waals surface area contributed by atoms with Crippen LogP contribution in [-0.2, 0) is 4.79 Å². The minimum absolute atomic E-state index is 0.286. The highest BCUT2D eigenvalue weighted by Gasteiger charge is 2.15. The Balaban J connectivity index is 2.10. The van der Waals surface area contributed by atoms with E-state index in [1.165, 1.54) is 6.07 Å². The third-order valence-electron chi connectivity index (χ3n) is 3.13. The van der Waals surface area contributed by atoms with Crippen molar-refractivity contribution in [1.29, 1.82) is 0 Å². The zero-order valence-corrected chi connectivity index (χ0v) is 13.7. The Morgan fingerprint density at radius 2 is 2.04 bits per heavy atom. The highest BCUT2D eigenvalue weighted by atomic mass is 32.1. The molecule has 0 saturated heterocycles. The van der Waals surface area contributed by atoms with E-state index in [9.17, 15) is 9.59 Å². The van der Waals surface area contributed by atoms with Crippen LogP contribution in [0.2, 0.25) is 0 Å². The molecule has 0 spiro atoms. The second-order valence-electron chi connectivity index (χ2n) is 4.86. The van der Waals surface area contributed by atoms with E-state index >= 15 is 0 Å². The third kappa shape index (κ3) is 4.19. The lowest BCUT2D eigenvalue weighted by Crippen LogP contribution is -2.49. The number of rotatable bonds is 3. The fraction of sp³-hybridized carbons (Fsp3) is 0.267. The molecule has 23 heavy (non-hydrogen) atoms. The van der Waals surface area contributed by atoms with E-state index in [0.717, 1.165) is 10.9 Å². The van der Waals surface area contributed by atoms with Crippen LogP contribution in [0.1, 0.15) is 12.5 Å². The average molecular weight is 335 g/mol. The molecule has 0 fully saturated rings. The zero-order valence-electron chi connectivity index (χ0n) is 12.9.